The van der Waals surface area contributed by atoms with Gasteiger partial charge < -0.3 is 10.1 Å². The van der Waals surface area contributed by atoms with E-state index in [0.717, 1.165) is 25.1 Å². The van der Waals surface area contributed by atoms with Gasteiger partial charge in [-0.3, -0.25) is 0 Å². The van der Waals surface area contributed by atoms with Crippen molar-refractivity contribution in [2.45, 2.75) is 84.3 Å². The van der Waals surface area contributed by atoms with Gasteiger partial charge in [0.25, 0.3) is 0 Å². The maximum atomic E-state index is 5.86. The highest BCUT2D eigenvalue weighted by Gasteiger charge is 2.34. The molecule has 1 aliphatic heterocycles. The fourth-order valence-corrected chi connectivity index (χ4v) is 3.70. The van der Waals surface area contributed by atoms with Crippen molar-refractivity contribution in [3.05, 3.63) is 0 Å². The minimum Gasteiger partial charge on any atom is -0.374 e. The van der Waals surface area contributed by atoms with Crippen molar-refractivity contribution in [2.75, 3.05) is 13.2 Å². The quantitative estimate of drug-likeness (QED) is 0.808. The topological polar surface area (TPSA) is 21.3 Å². The van der Waals surface area contributed by atoms with Gasteiger partial charge in [-0.1, -0.05) is 27.2 Å². The Morgan fingerprint density at radius 3 is 2.42 bits per heavy atom. The fraction of sp³-hybridized carbons (Fsp3) is 1.00. The Kier molecular flexibility index (Phi) is 4.94. The Morgan fingerprint density at radius 2 is 1.89 bits per heavy atom. The van der Waals surface area contributed by atoms with Crippen LogP contribution in [0.15, 0.2) is 0 Å². The molecule has 1 unspecified atom stereocenters. The molecule has 0 aromatic rings. The first-order valence-corrected chi connectivity index (χ1v) is 8.32. The van der Waals surface area contributed by atoms with Crippen molar-refractivity contribution < 1.29 is 4.74 Å². The number of rotatable bonds is 5. The normalized spacial score (nSPS) is 36.6. The fourth-order valence-electron chi connectivity index (χ4n) is 3.70. The van der Waals surface area contributed by atoms with Crippen molar-refractivity contribution in [3.8, 4) is 0 Å². The van der Waals surface area contributed by atoms with Crippen LogP contribution in [0.25, 0.3) is 0 Å². The third-order valence-electron chi connectivity index (χ3n) is 5.81. The monoisotopic (exact) mass is 267 g/mol. The maximum Gasteiger partial charge on any atom is 0.0779 e. The predicted molar refractivity (Wildman–Crippen MR) is 81.4 cm³/mol. The molecule has 1 aliphatic carbocycles. The van der Waals surface area contributed by atoms with Gasteiger partial charge in [0.1, 0.15) is 0 Å². The first kappa shape index (κ1) is 15.3. The van der Waals surface area contributed by atoms with Crippen LogP contribution in [0, 0.1) is 11.3 Å². The minimum atomic E-state index is 0.111. The van der Waals surface area contributed by atoms with Gasteiger partial charge in [-0.2, -0.15) is 0 Å². The average molecular weight is 267 g/mol. The van der Waals surface area contributed by atoms with E-state index in [4.69, 9.17) is 4.74 Å². The summed E-state index contributed by atoms with van der Waals surface area (Å²) in [5.41, 5.74) is 0.644. The largest absolute Gasteiger partial charge is 0.374 e. The van der Waals surface area contributed by atoms with E-state index in [1.807, 2.05) is 0 Å². The van der Waals surface area contributed by atoms with Crippen LogP contribution >= 0.6 is 0 Å². The lowest BCUT2D eigenvalue weighted by Gasteiger charge is -2.39. The summed E-state index contributed by atoms with van der Waals surface area (Å²) in [5, 5.41) is 3.77. The summed E-state index contributed by atoms with van der Waals surface area (Å²) in [5.74, 6) is 0.925. The molecule has 2 nitrogen and oxygen atoms in total. The van der Waals surface area contributed by atoms with E-state index >= 15 is 0 Å². The standard InChI is InChI=1S/C17H33NO/c1-5-16(2,3)14-7-9-15(10-8-14)18-13-17(4)11-6-12-19-17/h14-15,18H,5-13H2,1-4H3. The van der Waals surface area contributed by atoms with Crippen molar-refractivity contribution in [1.29, 1.82) is 0 Å². The molecule has 2 aliphatic rings. The van der Waals surface area contributed by atoms with Gasteiger partial charge in [-0.25, -0.2) is 0 Å². The SMILES string of the molecule is CCC(C)(C)C1CCC(NCC2(C)CCCO2)CC1. The van der Waals surface area contributed by atoms with E-state index < -0.39 is 0 Å². The lowest BCUT2D eigenvalue weighted by molar-refractivity contribution is 0.0162. The average Bonchev–Trinajstić information content (AvgIpc) is 2.84. The van der Waals surface area contributed by atoms with E-state index in [2.05, 4.69) is 33.0 Å². The Balaban J connectivity index is 1.72. The summed E-state index contributed by atoms with van der Waals surface area (Å²) in [6.07, 6.45) is 9.26. The van der Waals surface area contributed by atoms with Gasteiger partial charge in [-0.15, -0.1) is 0 Å². The molecular weight excluding hydrogens is 234 g/mol. The van der Waals surface area contributed by atoms with Crippen molar-refractivity contribution in [1.82, 2.24) is 5.32 Å². The zero-order chi connectivity index (χ0) is 13.9. The highest BCUT2D eigenvalue weighted by Crippen LogP contribution is 2.40. The van der Waals surface area contributed by atoms with Crippen LogP contribution in [0.4, 0.5) is 0 Å². The number of ether oxygens (including phenoxy) is 1. The van der Waals surface area contributed by atoms with Crippen LogP contribution < -0.4 is 5.32 Å². The van der Waals surface area contributed by atoms with Crippen LogP contribution in [0.5, 0.6) is 0 Å². The molecule has 0 amide bonds. The molecule has 0 radical (unpaired) electrons. The van der Waals surface area contributed by atoms with E-state index in [-0.39, 0.29) is 5.60 Å². The zero-order valence-corrected chi connectivity index (χ0v) is 13.4. The maximum absolute atomic E-state index is 5.86. The van der Waals surface area contributed by atoms with Gasteiger partial charge in [0, 0.05) is 19.2 Å². The Bertz CT molecular complexity index is 273. The number of nitrogens with one attached hydrogen (secondary N) is 1. The molecule has 1 saturated carbocycles. The molecule has 1 saturated heterocycles. The van der Waals surface area contributed by atoms with E-state index in [1.165, 1.54) is 44.9 Å². The summed E-state index contributed by atoms with van der Waals surface area (Å²) < 4.78 is 5.86. The molecule has 2 rings (SSSR count). The second-order valence-corrected chi connectivity index (χ2v) is 7.67. The first-order valence-electron chi connectivity index (χ1n) is 8.32. The summed E-state index contributed by atoms with van der Waals surface area (Å²) in [7, 11) is 0. The molecule has 2 heteroatoms. The zero-order valence-electron chi connectivity index (χ0n) is 13.4. The molecule has 1 atom stereocenters. The summed E-state index contributed by atoms with van der Waals surface area (Å²) in [6.45, 7) is 11.5. The molecule has 112 valence electrons. The van der Waals surface area contributed by atoms with Crippen molar-refractivity contribution in [3.63, 3.8) is 0 Å². The predicted octanol–water partition coefficient (Wildman–Crippen LogP) is 4.14. The minimum absolute atomic E-state index is 0.111. The second-order valence-electron chi connectivity index (χ2n) is 7.67. The molecular formula is C17H33NO. The van der Waals surface area contributed by atoms with E-state index in [9.17, 15) is 0 Å². The summed E-state index contributed by atoms with van der Waals surface area (Å²) in [4.78, 5) is 0. The Morgan fingerprint density at radius 1 is 1.21 bits per heavy atom. The third-order valence-corrected chi connectivity index (χ3v) is 5.81. The third kappa shape index (κ3) is 3.95. The Labute approximate surface area is 119 Å². The number of hydrogen-bond acceptors (Lipinski definition) is 2. The van der Waals surface area contributed by atoms with Crippen LogP contribution in [0.1, 0.15) is 72.6 Å². The van der Waals surface area contributed by atoms with Crippen molar-refractivity contribution >= 4 is 0 Å². The van der Waals surface area contributed by atoms with Gasteiger partial charge in [0.05, 0.1) is 5.60 Å². The van der Waals surface area contributed by atoms with E-state index in [0.29, 0.717) is 5.41 Å². The van der Waals surface area contributed by atoms with Crippen LogP contribution in [0.3, 0.4) is 0 Å². The van der Waals surface area contributed by atoms with Gasteiger partial charge in [0.2, 0.25) is 0 Å². The highest BCUT2D eigenvalue weighted by atomic mass is 16.5. The van der Waals surface area contributed by atoms with Gasteiger partial charge in [-0.05, 0) is 56.8 Å². The lowest BCUT2D eigenvalue weighted by Crippen LogP contribution is -2.44. The molecule has 0 aromatic carbocycles. The first-order chi connectivity index (χ1) is 8.95. The summed E-state index contributed by atoms with van der Waals surface area (Å²) in [6, 6.07) is 0.727. The summed E-state index contributed by atoms with van der Waals surface area (Å²) >= 11 is 0. The molecule has 1 heterocycles. The molecule has 19 heavy (non-hydrogen) atoms. The smallest absolute Gasteiger partial charge is 0.0779 e. The molecule has 1 N–H and O–H groups in total. The molecule has 0 bridgehead atoms. The molecule has 2 fully saturated rings. The van der Waals surface area contributed by atoms with Crippen molar-refractivity contribution in [2.24, 2.45) is 11.3 Å². The number of hydrogen-bond donors (Lipinski definition) is 1. The van der Waals surface area contributed by atoms with E-state index in [1.54, 1.807) is 0 Å². The lowest BCUT2D eigenvalue weighted by atomic mass is 9.69. The second kappa shape index (κ2) is 6.13. The Hall–Kier alpha value is -0.0800. The van der Waals surface area contributed by atoms with Gasteiger partial charge >= 0.3 is 0 Å². The van der Waals surface area contributed by atoms with Crippen LogP contribution in [-0.2, 0) is 4.74 Å². The highest BCUT2D eigenvalue weighted by molar-refractivity contribution is 4.88. The van der Waals surface area contributed by atoms with Crippen LogP contribution in [-0.4, -0.2) is 24.8 Å². The molecule has 0 aromatic heterocycles. The molecule has 0 spiro atoms. The van der Waals surface area contributed by atoms with Crippen LogP contribution in [0.2, 0.25) is 0 Å². The van der Waals surface area contributed by atoms with Gasteiger partial charge in [0.15, 0.2) is 0 Å².